The third kappa shape index (κ3) is 2.82. The average molecular weight is 229 g/mol. The Morgan fingerprint density at radius 1 is 1.18 bits per heavy atom. The van der Waals surface area contributed by atoms with Crippen molar-refractivity contribution in [2.24, 2.45) is 0 Å². The van der Waals surface area contributed by atoms with E-state index >= 15 is 0 Å². The smallest absolute Gasteiger partial charge is 0.219 e. The van der Waals surface area contributed by atoms with Gasteiger partial charge in [-0.25, -0.2) is 4.98 Å². The molecule has 0 aliphatic heterocycles. The summed E-state index contributed by atoms with van der Waals surface area (Å²) >= 11 is 0. The monoisotopic (exact) mass is 229 g/mol. The molecule has 1 aromatic carbocycles. The topological polar surface area (TPSA) is 42.4 Å². The minimum Gasteiger partial charge on any atom is -0.439 e. The van der Waals surface area contributed by atoms with Crippen molar-refractivity contribution in [1.82, 2.24) is 4.98 Å². The molecule has 0 amide bonds. The molecule has 88 valence electrons. The molecule has 0 aliphatic carbocycles. The van der Waals surface area contributed by atoms with Crippen LogP contribution in [-0.2, 0) is 6.61 Å². The highest BCUT2D eigenvalue weighted by molar-refractivity contribution is 5.38. The number of ether oxygens (including phenoxy) is 1. The van der Waals surface area contributed by atoms with Gasteiger partial charge in [0.2, 0.25) is 5.88 Å². The molecule has 0 aliphatic rings. The second-order valence-electron chi connectivity index (χ2n) is 4.03. The Balaban J connectivity index is 2.22. The van der Waals surface area contributed by atoms with Gasteiger partial charge in [0.1, 0.15) is 5.75 Å². The number of aliphatic hydroxyl groups excluding tert-OH is 1. The van der Waals surface area contributed by atoms with E-state index in [9.17, 15) is 0 Å². The predicted molar refractivity (Wildman–Crippen MR) is 66.1 cm³/mol. The van der Waals surface area contributed by atoms with Crippen LogP contribution in [0.3, 0.4) is 0 Å². The average Bonchev–Trinajstić information content (AvgIpc) is 2.35. The zero-order valence-corrected chi connectivity index (χ0v) is 9.97. The van der Waals surface area contributed by atoms with Crippen molar-refractivity contribution in [3.8, 4) is 11.6 Å². The molecular weight excluding hydrogens is 214 g/mol. The number of aromatic nitrogens is 1. The molecule has 3 nitrogen and oxygen atoms in total. The van der Waals surface area contributed by atoms with Gasteiger partial charge in [0.05, 0.1) is 6.61 Å². The summed E-state index contributed by atoms with van der Waals surface area (Å²) in [6, 6.07) is 9.61. The van der Waals surface area contributed by atoms with Crippen LogP contribution >= 0.6 is 0 Å². The van der Waals surface area contributed by atoms with E-state index in [1.165, 1.54) is 0 Å². The van der Waals surface area contributed by atoms with Crippen molar-refractivity contribution in [1.29, 1.82) is 0 Å². The molecule has 1 N–H and O–H groups in total. The number of benzene rings is 1. The quantitative estimate of drug-likeness (QED) is 0.879. The fourth-order valence-electron chi connectivity index (χ4n) is 1.49. The molecule has 0 spiro atoms. The van der Waals surface area contributed by atoms with Crippen LogP contribution in [0.25, 0.3) is 0 Å². The van der Waals surface area contributed by atoms with Crippen molar-refractivity contribution in [2.75, 3.05) is 0 Å². The van der Waals surface area contributed by atoms with Gasteiger partial charge in [-0.1, -0.05) is 12.1 Å². The lowest BCUT2D eigenvalue weighted by atomic mass is 10.1. The molecule has 1 heterocycles. The van der Waals surface area contributed by atoms with Crippen LogP contribution < -0.4 is 4.74 Å². The van der Waals surface area contributed by atoms with Crippen LogP contribution in [0.5, 0.6) is 11.6 Å². The van der Waals surface area contributed by atoms with Crippen molar-refractivity contribution < 1.29 is 9.84 Å². The van der Waals surface area contributed by atoms with Crippen molar-refractivity contribution in [2.45, 2.75) is 20.5 Å². The molecule has 2 rings (SSSR count). The minimum atomic E-state index is -0.00322. The second-order valence-corrected chi connectivity index (χ2v) is 4.03. The van der Waals surface area contributed by atoms with Crippen LogP contribution in [0.1, 0.15) is 16.7 Å². The van der Waals surface area contributed by atoms with E-state index in [4.69, 9.17) is 9.84 Å². The Bertz CT molecular complexity index is 506. The van der Waals surface area contributed by atoms with Crippen LogP contribution in [0.4, 0.5) is 0 Å². The standard InChI is InChI=1S/C14H15NO2/c1-10-3-4-11(2)13(7-10)17-14-6-5-12(9-16)8-15-14/h3-8,16H,9H2,1-2H3. The van der Waals surface area contributed by atoms with Gasteiger partial charge in [-0.05, 0) is 42.7 Å². The predicted octanol–water partition coefficient (Wildman–Crippen LogP) is 2.98. The maximum absolute atomic E-state index is 8.92. The molecule has 0 bridgehead atoms. The molecule has 0 saturated carbocycles. The van der Waals surface area contributed by atoms with Crippen LogP contribution in [0.15, 0.2) is 36.5 Å². The summed E-state index contributed by atoms with van der Waals surface area (Å²) in [5, 5.41) is 8.92. The summed E-state index contributed by atoms with van der Waals surface area (Å²) < 4.78 is 5.70. The van der Waals surface area contributed by atoms with E-state index in [0.29, 0.717) is 5.88 Å². The molecule has 0 unspecified atom stereocenters. The van der Waals surface area contributed by atoms with Gasteiger partial charge in [0.25, 0.3) is 0 Å². The third-order valence-corrected chi connectivity index (χ3v) is 2.54. The van der Waals surface area contributed by atoms with Gasteiger partial charge in [-0.2, -0.15) is 0 Å². The number of aryl methyl sites for hydroxylation is 2. The number of hydrogen-bond donors (Lipinski definition) is 1. The number of rotatable bonds is 3. The van der Waals surface area contributed by atoms with E-state index in [1.54, 1.807) is 18.3 Å². The molecule has 2 aromatic rings. The first kappa shape index (κ1) is 11.6. The lowest BCUT2D eigenvalue weighted by molar-refractivity contribution is 0.281. The van der Waals surface area contributed by atoms with Crippen LogP contribution in [0, 0.1) is 13.8 Å². The Hall–Kier alpha value is -1.87. The van der Waals surface area contributed by atoms with Crippen LogP contribution in [0.2, 0.25) is 0 Å². The summed E-state index contributed by atoms with van der Waals surface area (Å²) in [7, 11) is 0. The summed E-state index contributed by atoms with van der Waals surface area (Å²) in [5.41, 5.74) is 3.00. The summed E-state index contributed by atoms with van der Waals surface area (Å²) in [6.45, 7) is 4.02. The van der Waals surface area contributed by atoms with Gasteiger partial charge in [0.15, 0.2) is 0 Å². The highest BCUT2D eigenvalue weighted by atomic mass is 16.5. The molecule has 1 aromatic heterocycles. The first-order valence-corrected chi connectivity index (χ1v) is 5.50. The molecule has 17 heavy (non-hydrogen) atoms. The first-order valence-electron chi connectivity index (χ1n) is 5.50. The van der Waals surface area contributed by atoms with Crippen molar-refractivity contribution >= 4 is 0 Å². The Labute approximate surface area is 101 Å². The van der Waals surface area contributed by atoms with E-state index in [1.807, 2.05) is 32.0 Å². The van der Waals surface area contributed by atoms with E-state index in [0.717, 1.165) is 22.4 Å². The van der Waals surface area contributed by atoms with Gasteiger partial charge in [-0.15, -0.1) is 0 Å². The number of hydrogen-bond acceptors (Lipinski definition) is 3. The molecule has 0 atom stereocenters. The van der Waals surface area contributed by atoms with Crippen LogP contribution in [-0.4, -0.2) is 10.1 Å². The van der Waals surface area contributed by atoms with E-state index in [-0.39, 0.29) is 6.61 Å². The molecule has 0 radical (unpaired) electrons. The van der Waals surface area contributed by atoms with Gasteiger partial charge in [-0.3, -0.25) is 0 Å². The van der Waals surface area contributed by atoms with Crippen molar-refractivity contribution in [3.05, 3.63) is 53.2 Å². The summed E-state index contributed by atoms with van der Waals surface area (Å²) in [5.74, 6) is 1.35. The maximum atomic E-state index is 8.92. The van der Waals surface area contributed by atoms with Crippen molar-refractivity contribution in [3.63, 3.8) is 0 Å². The van der Waals surface area contributed by atoms with E-state index in [2.05, 4.69) is 4.98 Å². The normalized spacial score (nSPS) is 10.3. The number of pyridine rings is 1. The summed E-state index contributed by atoms with van der Waals surface area (Å²) in [4.78, 5) is 4.13. The highest BCUT2D eigenvalue weighted by Gasteiger charge is 2.02. The van der Waals surface area contributed by atoms with Gasteiger partial charge < -0.3 is 9.84 Å². The highest BCUT2D eigenvalue weighted by Crippen LogP contribution is 2.24. The molecular formula is C14H15NO2. The molecule has 0 saturated heterocycles. The zero-order chi connectivity index (χ0) is 12.3. The lowest BCUT2D eigenvalue weighted by Crippen LogP contribution is -1.92. The molecule has 3 heteroatoms. The lowest BCUT2D eigenvalue weighted by Gasteiger charge is -2.08. The minimum absolute atomic E-state index is 0.00322. The molecule has 0 fully saturated rings. The fraction of sp³-hybridized carbons (Fsp3) is 0.214. The first-order chi connectivity index (χ1) is 8.19. The van der Waals surface area contributed by atoms with Gasteiger partial charge in [0, 0.05) is 12.3 Å². The number of nitrogens with zero attached hydrogens (tertiary/aromatic N) is 1. The Morgan fingerprint density at radius 3 is 2.65 bits per heavy atom. The third-order valence-electron chi connectivity index (χ3n) is 2.54. The SMILES string of the molecule is Cc1ccc(C)c(Oc2ccc(CO)cn2)c1. The maximum Gasteiger partial charge on any atom is 0.219 e. The fourth-order valence-corrected chi connectivity index (χ4v) is 1.49. The van der Waals surface area contributed by atoms with Gasteiger partial charge >= 0.3 is 0 Å². The van der Waals surface area contributed by atoms with E-state index < -0.39 is 0 Å². The largest absolute Gasteiger partial charge is 0.439 e. The zero-order valence-electron chi connectivity index (χ0n) is 9.97. The number of aliphatic hydroxyl groups is 1. The second kappa shape index (κ2) is 4.97. The Kier molecular flexibility index (Phi) is 3.40. The Morgan fingerprint density at radius 2 is 2.00 bits per heavy atom. The summed E-state index contributed by atoms with van der Waals surface area (Å²) in [6.07, 6.45) is 1.61.